The van der Waals surface area contributed by atoms with Gasteiger partial charge in [0.25, 0.3) is 0 Å². The molecule has 2 rings (SSSR count). The molecule has 1 unspecified atom stereocenters. The number of nitrogens with two attached hydrogens (primary N) is 1. The molecule has 1 aromatic carbocycles. The molecule has 104 valence electrons. The van der Waals surface area contributed by atoms with Crippen LogP contribution in [0.25, 0.3) is 0 Å². The molecule has 0 saturated carbocycles. The van der Waals surface area contributed by atoms with Crippen molar-refractivity contribution in [2.75, 3.05) is 13.1 Å². The number of rotatable bonds is 3. The molecule has 1 fully saturated rings. The summed E-state index contributed by atoms with van der Waals surface area (Å²) in [7, 11) is -3.82. The van der Waals surface area contributed by atoms with Crippen LogP contribution in [0.3, 0.4) is 0 Å². The van der Waals surface area contributed by atoms with Gasteiger partial charge in [-0.2, -0.15) is 4.31 Å². The second kappa shape index (κ2) is 4.75. The smallest absolute Gasteiger partial charge is 0.325 e. The number of carboxylic acid groups (broad SMARTS) is 1. The Kier molecular flexibility index (Phi) is 3.57. The van der Waals surface area contributed by atoms with Gasteiger partial charge in [-0.25, -0.2) is 8.42 Å². The Hall–Kier alpha value is -1.15. The summed E-state index contributed by atoms with van der Waals surface area (Å²) in [5, 5.41) is 9.11. The van der Waals surface area contributed by atoms with Crippen LogP contribution in [0.5, 0.6) is 0 Å². The van der Waals surface area contributed by atoms with Gasteiger partial charge in [0.1, 0.15) is 10.4 Å². The summed E-state index contributed by atoms with van der Waals surface area (Å²) < 4.78 is 25.8. The second-order valence-corrected chi connectivity index (χ2v) is 6.79. The van der Waals surface area contributed by atoms with E-state index < -0.39 is 21.5 Å². The zero-order valence-corrected chi connectivity index (χ0v) is 11.5. The van der Waals surface area contributed by atoms with E-state index in [1.54, 1.807) is 12.1 Å². The van der Waals surface area contributed by atoms with Crippen molar-refractivity contribution >= 4 is 27.6 Å². The van der Waals surface area contributed by atoms with E-state index in [9.17, 15) is 13.2 Å². The fraction of sp³-hybridized carbons (Fsp3) is 0.364. The zero-order chi connectivity index (χ0) is 14.3. The topological polar surface area (TPSA) is 101 Å². The van der Waals surface area contributed by atoms with Crippen molar-refractivity contribution in [2.45, 2.75) is 16.9 Å². The van der Waals surface area contributed by atoms with Gasteiger partial charge in [-0.1, -0.05) is 23.7 Å². The number of aliphatic carboxylic acids is 1. The van der Waals surface area contributed by atoms with Crippen molar-refractivity contribution in [1.82, 2.24) is 4.31 Å². The maximum absolute atomic E-state index is 12.4. The van der Waals surface area contributed by atoms with Gasteiger partial charge in [0.05, 0.1) is 5.02 Å². The third-order valence-corrected chi connectivity index (χ3v) is 5.49. The van der Waals surface area contributed by atoms with E-state index in [2.05, 4.69) is 0 Å². The summed E-state index contributed by atoms with van der Waals surface area (Å²) in [6, 6.07) is 6.03. The molecular weight excluding hydrogens is 292 g/mol. The number of nitrogens with zero attached hydrogens (tertiary/aromatic N) is 1. The minimum atomic E-state index is -3.82. The zero-order valence-electron chi connectivity index (χ0n) is 9.91. The van der Waals surface area contributed by atoms with Gasteiger partial charge >= 0.3 is 5.97 Å². The van der Waals surface area contributed by atoms with Crippen molar-refractivity contribution < 1.29 is 18.3 Å². The largest absolute Gasteiger partial charge is 0.480 e. The lowest BCUT2D eigenvalue weighted by Gasteiger charge is -2.20. The highest BCUT2D eigenvalue weighted by Gasteiger charge is 2.45. The predicted octanol–water partition coefficient (Wildman–Crippen LogP) is 0.517. The SMILES string of the molecule is NC1(C(=O)O)CCN(S(=O)(=O)c2ccccc2Cl)C1. The van der Waals surface area contributed by atoms with Gasteiger partial charge in [0.15, 0.2) is 0 Å². The van der Waals surface area contributed by atoms with Crippen molar-refractivity contribution in [3.63, 3.8) is 0 Å². The fourth-order valence-corrected chi connectivity index (χ4v) is 3.97. The molecule has 0 aliphatic carbocycles. The van der Waals surface area contributed by atoms with Crippen LogP contribution in [0.2, 0.25) is 5.02 Å². The minimum Gasteiger partial charge on any atom is -0.480 e. The molecule has 8 heteroatoms. The second-order valence-electron chi connectivity index (χ2n) is 4.48. The Morgan fingerprint density at radius 1 is 1.42 bits per heavy atom. The molecule has 19 heavy (non-hydrogen) atoms. The lowest BCUT2D eigenvalue weighted by Crippen LogP contribution is -2.50. The molecule has 0 bridgehead atoms. The summed E-state index contributed by atoms with van der Waals surface area (Å²) in [5.74, 6) is -1.20. The molecule has 1 aromatic rings. The van der Waals surface area contributed by atoms with E-state index in [4.69, 9.17) is 22.4 Å². The molecule has 0 spiro atoms. The van der Waals surface area contributed by atoms with Gasteiger partial charge in [0.2, 0.25) is 10.0 Å². The lowest BCUT2D eigenvalue weighted by atomic mass is 10.0. The number of benzene rings is 1. The maximum Gasteiger partial charge on any atom is 0.325 e. The number of hydrogen-bond donors (Lipinski definition) is 2. The van der Waals surface area contributed by atoms with Gasteiger partial charge in [-0.05, 0) is 18.6 Å². The molecular formula is C11H13ClN2O4S. The summed E-state index contributed by atoms with van der Waals surface area (Å²) in [6.45, 7) is -0.188. The molecule has 1 heterocycles. The monoisotopic (exact) mass is 304 g/mol. The Bertz CT molecular complexity index is 619. The van der Waals surface area contributed by atoms with Crippen LogP contribution >= 0.6 is 11.6 Å². The molecule has 0 radical (unpaired) electrons. The first kappa shape index (κ1) is 14.3. The summed E-state index contributed by atoms with van der Waals surface area (Å²) in [5.41, 5.74) is 4.13. The van der Waals surface area contributed by atoms with Crippen LogP contribution in [-0.4, -0.2) is 42.4 Å². The third-order valence-electron chi connectivity index (χ3n) is 3.15. The highest BCUT2D eigenvalue weighted by atomic mass is 35.5. The Morgan fingerprint density at radius 2 is 2.05 bits per heavy atom. The van der Waals surface area contributed by atoms with Crippen molar-refractivity contribution in [3.8, 4) is 0 Å². The van der Waals surface area contributed by atoms with Crippen molar-refractivity contribution in [2.24, 2.45) is 5.73 Å². The lowest BCUT2D eigenvalue weighted by molar-refractivity contribution is -0.142. The van der Waals surface area contributed by atoms with E-state index in [1.807, 2.05) is 0 Å². The standard InChI is InChI=1S/C11H13ClN2O4S/c12-8-3-1-2-4-9(8)19(17,18)14-6-5-11(13,7-14)10(15)16/h1-4H,5-7,13H2,(H,15,16). The van der Waals surface area contributed by atoms with Gasteiger partial charge < -0.3 is 10.8 Å². The first-order valence-electron chi connectivity index (χ1n) is 5.54. The van der Waals surface area contributed by atoms with Crippen LogP contribution in [0.1, 0.15) is 6.42 Å². The van der Waals surface area contributed by atoms with Gasteiger partial charge in [-0.15, -0.1) is 0 Å². The fourth-order valence-electron chi connectivity index (χ4n) is 1.97. The molecule has 6 nitrogen and oxygen atoms in total. The van der Waals surface area contributed by atoms with Gasteiger partial charge in [-0.3, -0.25) is 4.79 Å². The maximum atomic E-state index is 12.4. The average molecular weight is 305 g/mol. The summed E-state index contributed by atoms with van der Waals surface area (Å²) >= 11 is 5.87. The molecule has 1 atom stereocenters. The quantitative estimate of drug-likeness (QED) is 0.847. The first-order chi connectivity index (χ1) is 8.77. The number of halogens is 1. The molecule has 3 N–H and O–H groups in total. The Morgan fingerprint density at radius 3 is 2.58 bits per heavy atom. The Labute approximate surface area is 115 Å². The van der Waals surface area contributed by atoms with E-state index in [0.29, 0.717) is 0 Å². The van der Waals surface area contributed by atoms with Crippen LogP contribution in [0.4, 0.5) is 0 Å². The predicted molar refractivity (Wildman–Crippen MR) is 69.4 cm³/mol. The van der Waals surface area contributed by atoms with Crippen molar-refractivity contribution in [3.05, 3.63) is 29.3 Å². The van der Waals surface area contributed by atoms with E-state index in [1.165, 1.54) is 12.1 Å². The first-order valence-corrected chi connectivity index (χ1v) is 7.36. The third kappa shape index (κ3) is 2.46. The number of hydrogen-bond acceptors (Lipinski definition) is 4. The molecule has 0 aromatic heterocycles. The van der Waals surface area contributed by atoms with Crippen LogP contribution in [0.15, 0.2) is 29.2 Å². The normalized spacial score (nSPS) is 24.5. The number of sulfonamides is 1. The van der Waals surface area contributed by atoms with Crippen LogP contribution in [0, 0.1) is 0 Å². The van der Waals surface area contributed by atoms with Crippen LogP contribution < -0.4 is 5.73 Å². The highest BCUT2D eigenvalue weighted by molar-refractivity contribution is 7.89. The van der Waals surface area contributed by atoms with Crippen molar-refractivity contribution in [1.29, 1.82) is 0 Å². The molecule has 0 amide bonds. The van der Waals surface area contributed by atoms with Gasteiger partial charge in [0, 0.05) is 13.1 Å². The minimum absolute atomic E-state index is 0.0358. The molecule has 1 saturated heterocycles. The highest BCUT2D eigenvalue weighted by Crippen LogP contribution is 2.29. The number of carbonyl (C=O) groups is 1. The van der Waals surface area contributed by atoms with E-state index in [0.717, 1.165) is 4.31 Å². The van der Waals surface area contributed by atoms with Crippen LogP contribution in [-0.2, 0) is 14.8 Å². The Balaban J connectivity index is 2.34. The molecule has 1 aliphatic heterocycles. The summed E-state index contributed by atoms with van der Waals surface area (Å²) in [4.78, 5) is 11.0. The number of carboxylic acids is 1. The molecule has 1 aliphatic rings. The van der Waals surface area contributed by atoms with E-state index in [-0.39, 0.29) is 29.4 Å². The van der Waals surface area contributed by atoms with E-state index >= 15 is 0 Å². The summed E-state index contributed by atoms with van der Waals surface area (Å²) in [6.07, 6.45) is 0.0754. The average Bonchev–Trinajstić information content (AvgIpc) is 2.74.